The Bertz CT molecular complexity index is 888. The summed E-state index contributed by atoms with van der Waals surface area (Å²) in [6, 6.07) is 3.32. The fourth-order valence-electron chi connectivity index (χ4n) is 6.15. The van der Waals surface area contributed by atoms with E-state index in [1.807, 2.05) is 13.8 Å². The van der Waals surface area contributed by atoms with E-state index in [0.29, 0.717) is 5.69 Å². The van der Waals surface area contributed by atoms with Crippen LogP contribution in [0, 0.1) is 31.6 Å². The van der Waals surface area contributed by atoms with Crippen LogP contribution in [-0.4, -0.2) is 44.8 Å². The maximum Gasteiger partial charge on any atom is 0.242 e. The number of nitrogens with zero attached hydrogens (tertiary/aromatic N) is 1. The number of carbonyl (C=O) groups excluding carboxylic acids is 1. The number of nitrogens with one attached hydrogen (secondary N) is 2. The van der Waals surface area contributed by atoms with Crippen molar-refractivity contribution in [2.75, 3.05) is 26.0 Å². The summed E-state index contributed by atoms with van der Waals surface area (Å²) in [4.78, 5) is 13.0. The molecule has 4 saturated carbocycles. The minimum absolute atomic E-state index is 0.00451. The van der Waals surface area contributed by atoms with Crippen LogP contribution in [0.3, 0.4) is 0 Å². The highest BCUT2D eigenvalue weighted by Crippen LogP contribution is 2.55. The van der Waals surface area contributed by atoms with Gasteiger partial charge in [0.1, 0.15) is 0 Å². The zero-order chi connectivity index (χ0) is 21.0. The van der Waals surface area contributed by atoms with Crippen molar-refractivity contribution in [1.82, 2.24) is 9.62 Å². The van der Waals surface area contributed by atoms with Crippen molar-refractivity contribution in [3.8, 4) is 0 Å². The molecular formula is C22H33N3O3S. The standard InChI is InChI=1S/C22H33N3O3S/c1-14-5-19(29(27,28)25(3)4)9-20(15(14)2)23-13-21(26)24-22-10-16-6-17(11-22)8-18(7-16)12-22/h5,9,16-18,23H,6-8,10-13H2,1-4H3,(H,24,26). The largest absolute Gasteiger partial charge is 0.376 e. The third kappa shape index (κ3) is 3.91. The van der Waals surface area contributed by atoms with E-state index in [0.717, 1.165) is 48.1 Å². The molecular weight excluding hydrogens is 386 g/mol. The SMILES string of the molecule is Cc1cc(S(=O)(=O)N(C)C)cc(NCC(=O)NC23CC4CC(CC(C4)C2)C3)c1C. The van der Waals surface area contributed by atoms with E-state index in [4.69, 9.17) is 0 Å². The molecule has 4 fully saturated rings. The third-order valence-electron chi connectivity index (χ3n) is 7.30. The summed E-state index contributed by atoms with van der Waals surface area (Å²) in [6.45, 7) is 4.00. The predicted octanol–water partition coefficient (Wildman–Crippen LogP) is 3.05. The average molecular weight is 420 g/mol. The molecule has 0 radical (unpaired) electrons. The lowest BCUT2D eigenvalue weighted by Gasteiger charge is -2.56. The van der Waals surface area contributed by atoms with Gasteiger partial charge in [-0.05, 0) is 93.4 Å². The Morgan fingerprint density at radius 3 is 2.14 bits per heavy atom. The Balaban J connectivity index is 1.45. The Kier molecular flexibility index (Phi) is 5.18. The van der Waals surface area contributed by atoms with Crippen LogP contribution >= 0.6 is 0 Å². The van der Waals surface area contributed by atoms with Crippen molar-refractivity contribution in [2.24, 2.45) is 17.8 Å². The van der Waals surface area contributed by atoms with Crippen LogP contribution in [0.1, 0.15) is 49.7 Å². The quantitative estimate of drug-likeness (QED) is 0.743. The molecule has 1 aromatic rings. The van der Waals surface area contributed by atoms with Crippen molar-refractivity contribution < 1.29 is 13.2 Å². The minimum Gasteiger partial charge on any atom is -0.376 e. The van der Waals surface area contributed by atoms with E-state index < -0.39 is 10.0 Å². The van der Waals surface area contributed by atoms with Gasteiger partial charge in [-0.3, -0.25) is 4.79 Å². The van der Waals surface area contributed by atoms with Gasteiger partial charge >= 0.3 is 0 Å². The summed E-state index contributed by atoms with van der Waals surface area (Å²) in [7, 11) is -0.472. The zero-order valence-electron chi connectivity index (χ0n) is 17.9. The maximum atomic E-state index is 12.8. The first-order valence-corrected chi connectivity index (χ1v) is 12.1. The van der Waals surface area contributed by atoms with Gasteiger partial charge in [-0.25, -0.2) is 12.7 Å². The van der Waals surface area contributed by atoms with Crippen molar-refractivity contribution in [3.63, 3.8) is 0 Å². The molecule has 4 bridgehead atoms. The molecule has 2 N–H and O–H groups in total. The van der Waals surface area contributed by atoms with Crippen LogP contribution in [0.4, 0.5) is 5.69 Å². The van der Waals surface area contributed by atoms with Crippen molar-refractivity contribution >= 4 is 21.6 Å². The van der Waals surface area contributed by atoms with E-state index in [-0.39, 0.29) is 22.9 Å². The summed E-state index contributed by atoms with van der Waals surface area (Å²) < 4.78 is 26.2. The van der Waals surface area contributed by atoms with Crippen LogP contribution < -0.4 is 10.6 Å². The molecule has 7 heteroatoms. The number of anilines is 1. The molecule has 4 aliphatic rings. The van der Waals surface area contributed by atoms with Crippen molar-refractivity contribution in [1.29, 1.82) is 0 Å². The van der Waals surface area contributed by atoms with Gasteiger partial charge in [-0.1, -0.05) is 0 Å². The number of carbonyl (C=O) groups is 1. The van der Waals surface area contributed by atoms with Crippen molar-refractivity contribution in [2.45, 2.75) is 62.8 Å². The van der Waals surface area contributed by atoms with Gasteiger partial charge in [-0.15, -0.1) is 0 Å². The summed E-state index contributed by atoms with van der Waals surface area (Å²) in [6.07, 6.45) is 7.41. The number of sulfonamides is 1. The molecule has 0 aromatic heterocycles. The molecule has 0 atom stereocenters. The van der Waals surface area contributed by atoms with Gasteiger partial charge in [0.2, 0.25) is 15.9 Å². The second-order valence-corrected chi connectivity index (χ2v) is 12.0. The van der Waals surface area contributed by atoms with Gasteiger partial charge < -0.3 is 10.6 Å². The highest BCUT2D eigenvalue weighted by Gasteiger charge is 2.51. The summed E-state index contributed by atoms with van der Waals surface area (Å²) in [5.74, 6) is 2.36. The number of hydrogen-bond donors (Lipinski definition) is 2. The van der Waals surface area contributed by atoms with Gasteiger partial charge in [0, 0.05) is 25.3 Å². The smallest absolute Gasteiger partial charge is 0.242 e. The van der Waals surface area contributed by atoms with Crippen molar-refractivity contribution in [3.05, 3.63) is 23.3 Å². The molecule has 1 aromatic carbocycles. The lowest BCUT2D eigenvalue weighted by atomic mass is 9.53. The fourth-order valence-corrected chi connectivity index (χ4v) is 7.16. The predicted molar refractivity (Wildman–Crippen MR) is 114 cm³/mol. The number of rotatable bonds is 6. The molecule has 6 nitrogen and oxygen atoms in total. The summed E-state index contributed by atoms with van der Waals surface area (Å²) in [5, 5.41) is 6.56. The first kappa shape index (κ1) is 20.7. The highest BCUT2D eigenvalue weighted by molar-refractivity contribution is 7.89. The summed E-state index contributed by atoms with van der Waals surface area (Å²) in [5.41, 5.74) is 2.54. The third-order valence-corrected chi connectivity index (χ3v) is 9.09. The average Bonchev–Trinajstić information content (AvgIpc) is 2.61. The van der Waals surface area contributed by atoms with E-state index in [9.17, 15) is 13.2 Å². The number of aryl methyl sites for hydroxylation is 1. The normalized spacial score (nSPS) is 30.6. The van der Waals surface area contributed by atoms with Gasteiger partial charge in [0.05, 0.1) is 11.4 Å². The first-order valence-electron chi connectivity index (χ1n) is 10.7. The lowest BCUT2D eigenvalue weighted by molar-refractivity contribution is -0.125. The van der Waals surface area contributed by atoms with Crippen LogP contribution in [0.5, 0.6) is 0 Å². The fraction of sp³-hybridized carbons (Fsp3) is 0.682. The molecule has 5 rings (SSSR count). The molecule has 29 heavy (non-hydrogen) atoms. The van der Waals surface area contributed by atoms with E-state index in [1.54, 1.807) is 12.1 Å². The van der Waals surface area contributed by atoms with Crippen LogP contribution in [0.2, 0.25) is 0 Å². The maximum absolute atomic E-state index is 12.8. The molecule has 0 aliphatic heterocycles. The van der Waals surface area contributed by atoms with E-state index in [2.05, 4.69) is 10.6 Å². The first-order chi connectivity index (χ1) is 13.6. The molecule has 0 unspecified atom stereocenters. The second kappa shape index (κ2) is 7.27. The molecule has 0 saturated heterocycles. The van der Waals surface area contributed by atoms with Crippen LogP contribution in [0.25, 0.3) is 0 Å². The topological polar surface area (TPSA) is 78.5 Å². The lowest BCUT2D eigenvalue weighted by Crippen LogP contribution is -2.60. The summed E-state index contributed by atoms with van der Waals surface area (Å²) >= 11 is 0. The van der Waals surface area contributed by atoms with Gasteiger partial charge in [-0.2, -0.15) is 0 Å². The Labute approximate surface area is 174 Å². The Morgan fingerprint density at radius 2 is 1.62 bits per heavy atom. The highest BCUT2D eigenvalue weighted by atomic mass is 32.2. The zero-order valence-corrected chi connectivity index (χ0v) is 18.7. The van der Waals surface area contributed by atoms with Crippen LogP contribution in [-0.2, 0) is 14.8 Å². The molecule has 4 aliphatic carbocycles. The molecule has 160 valence electrons. The van der Waals surface area contributed by atoms with E-state index >= 15 is 0 Å². The van der Waals surface area contributed by atoms with Gasteiger partial charge in [0.25, 0.3) is 0 Å². The molecule has 0 spiro atoms. The second-order valence-electron chi connectivity index (χ2n) is 9.80. The Morgan fingerprint density at radius 1 is 1.07 bits per heavy atom. The number of benzene rings is 1. The number of amides is 1. The molecule has 1 amide bonds. The monoisotopic (exact) mass is 419 g/mol. The minimum atomic E-state index is -3.52. The van der Waals surface area contributed by atoms with Gasteiger partial charge in [0.15, 0.2) is 0 Å². The van der Waals surface area contributed by atoms with E-state index in [1.165, 1.54) is 37.7 Å². The molecule has 0 heterocycles. The number of hydrogen-bond acceptors (Lipinski definition) is 4. The van der Waals surface area contributed by atoms with Crippen LogP contribution in [0.15, 0.2) is 17.0 Å². The Hall–Kier alpha value is -1.60.